The molecule has 0 spiro atoms. The molecule has 1 aliphatic heterocycles. The van der Waals surface area contributed by atoms with Gasteiger partial charge >= 0.3 is 0 Å². The van der Waals surface area contributed by atoms with Crippen molar-refractivity contribution in [3.05, 3.63) is 77.0 Å². The van der Waals surface area contributed by atoms with Crippen LogP contribution in [0.2, 0.25) is 0 Å². The first-order valence-corrected chi connectivity index (χ1v) is 10.6. The second kappa shape index (κ2) is 8.49. The van der Waals surface area contributed by atoms with E-state index in [1.54, 1.807) is 26.1 Å². The molecule has 0 amide bonds. The number of aromatic nitrogens is 1. The van der Waals surface area contributed by atoms with Crippen molar-refractivity contribution in [3.8, 4) is 17.3 Å². The molecule has 4 nitrogen and oxygen atoms in total. The molecule has 3 aromatic rings. The van der Waals surface area contributed by atoms with Crippen LogP contribution in [0.15, 0.2) is 54.7 Å². The Labute approximate surface area is 183 Å². The molecule has 0 radical (unpaired) electrons. The maximum atomic E-state index is 14.1. The lowest BCUT2D eigenvalue weighted by Crippen LogP contribution is -2.39. The van der Waals surface area contributed by atoms with Gasteiger partial charge in [0.25, 0.3) is 0 Å². The minimum atomic E-state index is -1.19. The average molecular weight is 415 g/mol. The summed E-state index contributed by atoms with van der Waals surface area (Å²) < 4.78 is 14.1. The minimum Gasteiger partial charge on any atom is -0.355 e. The van der Waals surface area contributed by atoms with Crippen LogP contribution < -0.4 is 5.32 Å². The summed E-state index contributed by atoms with van der Waals surface area (Å²) in [6.45, 7) is 7.41. The first-order valence-electron chi connectivity index (χ1n) is 10.6. The number of fused-ring (bicyclic) bond motifs is 1. The van der Waals surface area contributed by atoms with Gasteiger partial charge in [-0.05, 0) is 74.2 Å². The molecular weight excluding hydrogens is 387 g/mol. The summed E-state index contributed by atoms with van der Waals surface area (Å²) in [5.41, 5.74) is 7.02. The second-order valence-corrected chi connectivity index (χ2v) is 8.82. The molecule has 5 heteroatoms. The van der Waals surface area contributed by atoms with Crippen LogP contribution in [-0.2, 0) is 13.0 Å². The number of halogens is 1. The maximum absolute atomic E-state index is 14.1. The average Bonchev–Trinajstić information content (AvgIpc) is 2.74. The second-order valence-electron chi connectivity index (χ2n) is 8.82. The van der Waals surface area contributed by atoms with Crippen molar-refractivity contribution in [3.63, 3.8) is 0 Å². The van der Waals surface area contributed by atoms with Gasteiger partial charge in [-0.25, -0.2) is 4.39 Å². The fourth-order valence-corrected chi connectivity index (χ4v) is 4.20. The van der Waals surface area contributed by atoms with Gasteiger partial charge in [-0.15, -0.1) is 0 Å². The normalized spacial score (nSPS) is 14.0. The van der Waals surface area contributed by atoms with Crippen LogP contribution in [0.1, 0.15) is 36.1 Å². The van der Waals surface area contributed by atoms with Crippen molar-refractivity contribution >= 4 is 11.4 Å². The number of hydrogen-bond acceptors (Lipinski definition) is 4. The zero-order valence-electron chi connectivity index (χ0n) is 18.2. The number of nitrogens with zero attached hydrogens (tertiary/aromatic N) is 3. The number of aryl methyl sites for hydroxylation is 1. The molecule has 31 heavy (non-hydrogen) atoms. The highest BCUT2D eigenvalue weighted by Gasteiger charge is 2.25. The van der Waals surface area contributed by atoms with Gasteiger partial charge in [0.05, 0.1) is 11.3 Å². The first kappa shape index (κ1) is 21.0. The number of alkyl halides is 1. The fraction of sp³-hybridized carbons (Fsp3) is 0.308. The third-order valence-electron chi connectivity index (χ3n) is 5.63. The quantitative estimate of drug-likeness (QED) is 0.575. The van der Waals surface area contributed by atoms with Crippen LogP contribution in [0.3, 0.4) is 0 Å². The van der Waals surface area contributed by atoms with E-state index in [4.69, 9.17) is 5.26 Å². The van der Waals surface area contributed by atoms with E-state index in [0.717, 1.165) is 47.7 Å². The van der Waals surface area contributed by atoms with Gasteiger partial charge in [-0.3, -0.25) is 9.88 Å². The van der Waals surface area contributed by atoms with Crippen molar-refractivity contribution in [1.29, 1.82) is 5.26 Å². The van der Waals surface area contributed by atoms with Crippen LogP contribution in [-0.4, -0.2) is 28.6 Å². The smallest absolute Gasteiger partial charge is 0.118 e. The molecule has 0 fully saturated rings. The van der Waals surface area contributed by atoms with E-state index in [-0.39, 0.29) is 0 Å². The number of rotatable bonds is 5. The van der Waals surface area contributed by atoms with Crippen LogP contribution >= 0.6 is 0 Å². The Morgan fingerprint density at radius 1 is 1.19 bits per heavy atom. The molecule has 2 aromatic carbocycles. The zero-order chi connectivity index (χ0) is 22.0. The van der Waals surface area contributed by atoms with E-state index >= 15 is 0 Å². The van der Waals surface area contributed by atoms with E-state index in [2.05, 4.69) is 64.6 Å². The topological polar surface area (TPSA) is 52.0 Å². The Balaban J connectivity index is 1.58. The van der Waals surface area contributed by atoms with Gasteiger partial charge in [-0.2, -0.15) is 5.26 Å². The van der Waals surface area contributed by atoms with Crippen LogP contribution in [0.25, 0.3) is 11.3 Å². The fourth-order valence-electron chi connectivity index (χ4n) is 4.20. The Hall–Kier alpha value is -3.23. The number of anilines is 2. The molecule has 158 valence electrons. The van der Waals surface area contributed by atoms with Crippen LogP contribution in [0.4, 0.5) is 15.8 Å². The molecule has 0 saturated carbocycles. The summed E-state index contributed by atoms with van der Waals surface area (Å²) in [5, 5.41) is 12.6. The highest BCUT2D eigenvalue weighted by atomic mass is 19.1. The van der Waals surface area contributed by atoms with Crippen molar-refractivity contribution in [2.45, 2.75) is 39.4 Å². The third kappa shape index (κ3) is 4.92. The molecule has 0 saturated heterocycles. The Bertz CT molecular complexity index is 1120. The number of benzene rings is 2. The van der Waals surface area contributed by atoms with E-state index < -0.39 is 5.67 Å². The predicted molar refractivity (Wildman–Crippen MR) is 123 cm³/mol. The van der Waals surface area contributed by atoms with Gasteiger partial charge in [0, 0.05) is 42.8 Å². The molecule has 1 aliphatic rings. The summed E-state index contributed by atoms with van der Waals surface area (Å²) in [6, 6.07) is 18.3. The molecule has 0 atom stereocenters. The monoisotopic (exact) mass is 414 g/mol. The maximum Gasteiger partial charge on any atom is 0.118 e. The van der Waals surface area contributed by atoms with Gasteiger partial charge in [-0.1, -0.05) is 18.2 Å². The zero-order valence-corrected chi connectivity index (χ0v) is 18.2. The lowest BCUT2D eigenvalue weighted by molar-refractivity contribution is 0.117. The van der Waals surface area contributed by atoms with E-state index in [0.29, 0.717) is 12.1 Å². The van der Waals surface area contributed by atoms with E-state index in [1.165, 1.54) is 11.1 Å². The summed E-state index contributed by atoms with van der Waals surface area (Å²) in [5.74, 6) is 0. The Morgan fingerprint density at radius 2 is 2.03 bits per heavy atom. The molecular formula is C26H27FN4. The van der Waals surface area contributed by atoms with Gasteiger partial charge < -0.3 is 5.32 Å². The third-order valence-corrected chi connectivity index (χ3v) is 5.63. The van der Waals surface area contributed by atoms with Crippen LogP contribution in [0.5, 0.6) is 0 Å². The van der Waals surface area contributed by atoms with Gasteiger partial charge in [0.2, 0.25) is 0 Å². The van der Waals surface area contributed by atoms with E-state index in [9.17, 15) is 4.39 Å². The molecule has 0 unspecified atom stereocenters. The SMILES string of the molecule is Cc1ccc(Nc2cccc3c2CCN(CC(C)(C)F)C3)cc1-c1ccc(C#N)cn1. The summed E-state index contributed by atoms with van der Waals surface area (Å²) in [7, 11) is 0. The van der Waals surface area contributed by atoms with Gasteiger partial charge in [0.15, 0.2) is 0 Å². The highest BCUT2D eigenvalue weighted by Crippen LogP contribution is 2.32. The summed E-state index contributed by atoms with van der Waals surface area (Å²) in [4.78, 5) is 6.64. The highest BCUT2D eigenvalue weighted by molar-refractivity contribution is 5.73. The van der Waals surface area contributed by atoms with Crippen molar-refractivity contribution in [1.82, 2.24) is 9.88 Å². The van der Waals surface area contributed by atoms with Crippen molar-refractivity contribution in [2.75, 3.05) is 18.4 Å². The molecule has 1 N–H and O–H groups in total. The Kier molecular flexibility index (Phi) is 5.75. The van der Waals surface area contributed by atoms with Crippen molar-refractivity contribution < 1.29 is 4.39 Å². The molecule has 1 aromatic heterocycles. The van der Waals surface area contributed by atoms with E-state index in [1.807, 2.05) is 6.07 Å². The Morgan fingerprint density at radius 3 is 2.74 bits per heavy atom. The number of nitrogens with one attached hydrogen (secondary N) is 1. The predicted octanol–water partition coefficient (Wildman–Crippen LogP) is 5.78. The molecule has 4 rings (SSSR count). The lowest BCUT2D eigenvalue weighted by atomic mass is 9.96. The lowest BCUT2D eigenvalue weighted by Gasteiger charge is -2.33. The first-order chi connectivity index (χ1) is 14.8. The largest absolute Gasteiger partial charge is 0.355 e. The number of nitriles is 1. The molecule has 0 bridgehead atoms. The summed E-state index contributed by atoms with van der Waals surface area (Å²) >= 11 is 0. The van der Waals surface area contributed by atoms with Gasteiger partial charge in [0.1, 0.15) is 11.7 Å². The van der Waals surface area contributed by atoms with Crippen molar-refractivity contribution in [2.24, 2.45) is 0 Å². The van der Waals surface area contributed by atoms with Crippen LogP contribution in [0, 0.1) is 18.3 Å². The number of pyridine rings is 1. The summed E-state index contributed by atoms with van der Waals surface area (Å²) in [6.07, 6.45) is 2.50. The molecule has 0 aliphatic carbocycles. The molecule has 2 heterocycles. The standard InChI is InChI=1S/C26H27FN4/c1-18-7-9-21(13-23(18)24-10-8-19(14-28)15-29-24)30-25-6-4-5-20-16-31(12-11-22(20)25)17-26(2,3)27/h4-10,13,15,30H,11-12,16-17H2,1-3H3. The minimum absolute atomic E-state index is 0.447. The number of hydrogen-bond donors (Lipinski definition) is 1.